The summed E-state index contributed by atoms with van der Waals surface area (Å²) in [5, 5.41) is 8.92. The molecule has 1 aromatic carbocycles. The second-order valence-corrected chi connectivity index (χ2v) is 4.23. The number of hydrogen-bond acceptors (Lipinski definition) is 3. The lowest BCUT2D eigenvalue weighted by atomic mass is 10.2. The maximum atomic E-state index is 11.7. The molecule has 0 aliphatic rings. The Hall–Kier alpha value is -1.66. The number of para-hydroxylation sites is 1. The number of amides is 2. The van der Waals surface area contributed by atoms with Gasteiger partial charge in [-0.1, -0.05) is 30.7 Å². The normalized spacial score (nSPS) is 10.4. The Morgan fingerprint density at radius 3 is 2.80 bits per heavy atom. The Labute approximate surface area is 129 Å². The van der Waals surface area contributed by atoms with Crippen LogP contribution in [0.15, 0.2) is 23.4 Å². The molecule has 0 spiro atoms. The Morgan fingerprint density at radius 2 is 2.20 bits per heavy atom. The van der Waals surface area contributed by atoms with Crippen LogP contribution < -0.4 is 16.4 Å². The van der Waals surface area contributed by atoms with Crippen LogP contribution in [-0.2, 0) is 4.84 Å². The first-order valence-corrected chi connectivity index (χ1v) is 6.21. The first kappa shape index (κ1) is 18.3. The number of oxime groups is 1. The highest BCUT2D eigenvalue weighted by Gasteiger charge is 2.08. The third kappa shape index (κ3) is 5.99. The second-order valence-electron chi connectivity index (χ2n) is 3.82. The molecule has 0 fully saturated rings. The van der Waals surface area contributed by atoms with Crippen LogP contribution in [0.25, 0.3) is 0 Å². The van der Waals surface area contributed by atoms with Crippen molar-refractivity contribution in [1.82, 2.24) is 5.32 Å². The molecule has 4 N–H and O–H groups in total. The number of nitrogens with two attached hydrogens (primary N) is 1. The number of urea groups is 1. The topological polar surface area (TPSA) is 88.7 Å². The van der Waals surface area contributed by atoms with E-state index in [1.165, 1.54) is 0 Å². The van der Waals surface area contributed by atoms with E-state index in [0.717, 1.165) is 12.0 Å². The molecule has 20 heavy (non-hydrogen) atoms. The van der Waals surface area contributed by atoms with Gasteiger partial charge in [-0.25, -0.2) is 4.79 Å². The monoisotopic (exact) mass is 320 g/mol. The first-order valence-electron chi connectivity index (χ1n) is 5.83. The quantitative estimate of drug-likeness (QED) is 0.345. The van der Waals surface area contributed by atoms with Crippen LogP contribution >= 0.6 is 24.0 Å². The third-order valence-corrected chi connectivity index (χ3v) is 2.48. The molecule has 0 saturated heterocycles. The van der Waals surface area contributed by atoms with Gasteiger partial charge in [0.2, 0.25) is 5.96 Å². The number of guanidine groups is 1. The molecular formula is C12H18Cl2N4O2. The van der Waals surface area contributed by atoms with Gasteiger partial charge in [0.25, 0.3) is 0 Å². The zero-order chi connectivity index (χ0) is 14.3. The molecule has 6 nitrogen and oxygen atoms in total. The number of aryl methyl sites for hydroxylation is 1. The number of rotatable bonds is 4. The summed E-state index contributed by atoms with van der Waals surface area (Å²) in [5.41, 5.74) is 6.84. The van der Waals surface area contributed by atoms with Crippen molar-refractivity contribution in [3.63, 3.8) is 0 Å². The Bertz CT molecular complexity index is 460. The predicted octanol–water partition coefficient (Wildman–Crippen LogP) is 2.85. The van der Waals surface area contributed by atoms with Crippen molar-refractivity contribution in [2.75, 3.05) is 11.9 Å². The van der Waals surface area contributed by atoms with Crippen LogP contribution in [0.1, 0.15) is 18.9 Å². The summed E-state index contributed by atoms with van der Waals surface area (Å²) < 4.78 is 0. The average Bonchev–Trinajstić information content (AvgIpc) is 2.34. The number of benzene rings is 1. The molecule has 1 aromatic rings. The standard InChI is InChI=1S/C12H17ClN4O2.ClH/c1-3-7-19-17-11(14)16-12(18)15-10-8(2)5-4-6-9(10)13;/h4-6H,3,7H2,1-2H3,(H4,14,15,16,17,18);1H. The summed E-state index contributed by atoms with van der Waals surface area (Å²) in [6, 6.07) is 4.79. The van der Waals surface area contributed by atoms with Gasteiger partial charge in [0.05, 0.1) is 10.7 Å². The van der Waals surface area contributed by atoms with Crippen molar-refractivity contribution >= 4 is 41.7 Å². The molecule has 2 amide bonds. The maximum Gasteiger partial charge on any atom is 0.326 e. The molecule has 1 rings (SSSR count). The number of carbonyl (C=O) groups excluding carboxylic acids is 1. The van der Waals surface area contributed by atoms with Gasteiger partial charge in [-0.05, 0) is 30.1 Å². The minimum absolute atomic E-state index is 0. The van der Waals surface area contributed by atoms with E-state index in [2.05, 4.69) is 15.8 Å². The van der Waals surface area contributed by atoms with Crippen LogP contribution in [0.2, 0.25) is 5.02 Å². The van der Waals surface area contributed by atoms with Crippen molar-refractivity contribution in [2.24, 2.45) is 10.9 Å². The number of carbonyl (C=O) groups is 1. The van der Waals surface area contributed by atoms with E-state index in [0.29, 0.717) is 17.3 Å². The highest BCUT2D eigenvalue weighted by atomic mass is 35.5. The van der Waals surface area contributed by atoms with Crippen molar-refractivity contribution in [1.29, 1.82) is 0 Å². The molecule has 112 valence electrons. The summed E-state index contributed by atoms with van der Waals surface area (Å²) in [5.74, 6) is -0.115. The summed E-state index contributed by atoms with van der Waals surface area (Å²) in [6.07, 6.45) is 0.807. The van der Waals surface area contributed by atoms with Crippen molar-refractivity contribution in [2.45, 2.75) is 20.3 Å². The fraction of sp³-hybridized carbons (Fsp3) is 0.333. The fourth-order valence-corrected chi connectivity index (χ4v) is 1.55. The maximum absolute atomic E-state index is 11.7. The van der Waals surface area contributed by atoms with Gasteiger partial charge in [0.1, 0.15) is 6.61 Å². The number of anilines is 1. The van der Waals surface area contributed by atoms with Gasteiger partial charge < -0.3 is 15.9 Å². The third-order valence-electron chi connectivity index (χ3n) is 2.16. The van der Waals surface area contributed by atoms with Crippen molar-refractivity contribution < 1.29 is 9.63 Å². The van der Waals surface area contributed by atoms with E-state index < -0.39 is 6.03 Å². The van der Waals surface area contributed by atoms with Crippen LogP contribution in [0.5, 0.6) is 0 Å². The lowest BCUT2D eigenvalue weighted by molar-refractivity contribution is 0.143. The zero-order valence-corrected chi connectivity index (χ0v) is 12.8. The summed E-state index contributed by atoms with van der Waals surface area (Å²) in [4.78, 5) is 16.5. The Balaban J connectivity index is 0.00000361. The van der Waals surface area contributed by atoms with Crippen LogP contribution in [0.3, 0.4) is 0 Å². The van der Waals surface area contributed by atoms with Crippen LogP contribution in [-0.4, -0.2) is 18.6 Å². The molecule has 0 heterocycles. The zero-order valence-electron chi connectivity index (χ0n) is 11.3. The lowest BCUT2D eigenvalue weighted by Crippen LogP contribution is -2.39. The summed E-state index contributed by atoms with van der Waals surface area (Å²) >= 11 is 5.98. The Kier molecular flexibility index (Phi) is 8.51. The SMILES string of the molecule is CCCON=C(N)NC(=O)Nc1c(C)cccc1Cl.Cl. The van der Waals surface area contributed by atoms with Crippen molar-refractivity contribution in [3.8, 4) is 0 Å². The van der Waals surface area contributed by atoms with E-state index in [4.69, 9.17) is 22.2 Å². The number of hydrogen-bond donors (Lipinski definition) is 3. The van der Waals surface area contributed by atoms with E-state index in [1.807, 2.05) is 19.9 Å². The van der Waals surface area contributed by atoms with Gasteiger partial charge in [-0.2, -0.15) is 0 Å². The average molecular weight is 321 g/mol. The lowest BCUT2D eigenvalue weighted by Gasteiger charge is -2.10. The van der Waals surface area contributed by atoms with Gasteiger partial charge in [-0.15, -0.1) is 12.4 Å². The summed E-state index contributed by atoms with van der Waals surface area (Å²) in [7, 11) is 0. The number of nitrogens with one attached hydrogen (secondary N) is 2. The molecule has 0 saturated carbocycles. The molecule has 0 unspecified atom stereocenters. The minimum Gasteiger partial charge on any atom is -0.393 e. The minimum atomic E-state index is -0.530. The van der Waals surface area contributed by atoms with Gasteiger partial charge in [0, 0.05) is 0 Å². The van der Waals surface area contributed by atoms with Gasteiger partial charge >= 0.3 is 6.03 Å². The molecule has 8 heteroatoms. The predicted molar refractivity (Wildman–Crippen MR) is 83.5 cm³/mol. The molecular weight excluding hydrogens is 303 g/mol. The first-order chi connectivity index (χ1) is 9.04. The largest absolute Gasteiger partial charge is 0.393 e. The van der Waals surface area contributed by atoms with Crippen LogP contribution in [0.4, 0.5) is 10.5 Å². The van der Waals surface area contributed by atoms with E-state index in [1.54, 1.807) is 12.1 Å². The van der Waals surface area contributed by atoms with Gasteiger partial charge in [0.15, 0.2) is 0 Å². The Morgan fingerprint density at radius 1 is 1.50 bits per heavy atom. The number of halogens is 2. The highest BCUT2D eigenvalue weighted by Crippen LogP contribution is 2.24. The van der Waals surface area contributed by atoms with E-state index >= 15 is 0 Å². The molecule has 0 aliphatic heterocycles. The molecule has 0 aromatic heterocycles. The second kappa shape index (κ2) is 9.28. The van der Waals surface area contributed by atoms with Crippen LogP contribution in [0, 0.1) is 6.92 Å². The number of nitrogens with zero attached hydrogens (tertiary/aromatic N) is 1. The molecule has 0 bridgehead atoms. The smallest absolute Gasteiger partial charge is 0.326 e. The summed E-state index contributed by atoms with van der Waals surface area (Å²) in [6.45, 7) is 4.21. The molecule has 0 atom stereocenters. The fourth-order valence-electron chi connectivity index (χ4n) is 1.28. The highest BCUT2D eigenvalue weighted by molar-refractivity contribution is 6.34. The molecule has 0 aliphatic carbocycles. The van der Waals surface area contributed by atoms with E-state index in [9.17, 15) is 4.79 Å². The molecule has 0 radical (unpaired) electrons. The van der Waals surface area contributed by atoms with E-state index in [-0.39, 0.29) is 18.4 Å². The van der Waals surface area contributed by atoms with Crippen molar-refractivity contribution in [3.05, 3.63) is 28.8 Å². The van der Waals surface area contributed by atoms with Gasteiger partial charge in [-0.3, -0.25) is 5.32 Å².